The van der Waals surface area contributed by atoms with Crippen LogP contribution in [0.3, 0.4) is 0 Å². The van der Waals surface area contributed by atoms with Crippen molar-refractivity contribution >= 4 is 11.3 Å². The Morgan fingerprint density at radius 1 is 1.55 bits per heavy atom. The van der Waals surface area contributed by atoms with Gasteiger partial charge < -0.3 is 15.0 Å². The van der Waals surface area contributed by atoms with Gasteiger partial charge in [-0.15, -0.1) is 11.3 Å². The lowest BCUT2D eigenvalue weighted by Gasteiger charge is -2.18. The number of likely N-dealkylation sites (tertiary alicyclic amines) is 1. The molecular formula is C15H27N3OS. The molecule has 1 fully saturated rings. The number of nitrogens with zero attached hydrogens (tertiary/aromatic N) is 2. The molecule has 1 saturated heterocycles. The Labute approximate surface area is 126 Å². The number of hydrogen-bond acceptors (Lipinski definition) is 5. The third-order valence-corrected chi connectivity index (χ3v) is 4.68. The van der Waals surface area contributed by atoms with Crippen LogP contribution in [0.25, 0.3) is 0 Å². The van der Waals surface area contributed by atoms with Gasteiger partial charge in [-0.3, -0.25) is 0 Å². The lowest BCUT2D eigenvalue weighted by atomic mass is 10.1. The van der Waals surface area contributed by atoms with Crippen LogP contribution in [0, 0.1) is 0 Å². The second kappa shape index (κ2) is 8.08. The summed E-state index contributed by atoms with van der Waals surface area (Å²) in [6, 6.07) is 1.22. The maximum atomic E-state index is 5.77. The molecule has 1 aliphatic rings. The molecule has 0 aliphatic carbocycles. The highest BCUT2D eigenvalue weighted by Gasteiger charge is 2.20. The molecule has 0 radical (unpaired) electrons. The number of aromatic nitrogens is 1. The predicted octanol–water partition coefficient (Wildman–Crippen LogP) is 2.64. The fourth-order valence-corrected chi connectivity index (χ4v) is 3.26. The number of rotatable bonds is 8. The Hall–Kier alpha value is -0.490. The summed E-state index contributed by atoms with van der Waals surface area (Å²) < 4.78 is 5.77. The largest absolute Gasteiger partial charge is 0.375 e. The first kappa shape index (κ1) is 15.9. The highest BCUT2D eigenvalue weighted by Crippen LogP contribution is 2.18. The molecule has 114 valence electrons. The summed E-state index contributed by atoms with van der Waals surface area (Å²) in [5.41, 5.74) is 1.07. The van der Waals surface area contributed by atoms with Crippen LogP contribution in [0.2, 0.25) is 0 Å². The Balaban J connectivity index is 1.61. The summed E-state index contributed by atoms with van der Waals surface area (Å²) in [7, 11) is 2.21. The molecular weight excluding hydrogens is 270 g/mol. The quantitative estimate of drug-likeness (QED) is 0.749. The van der Waals surface area contributed by atoms with Crippen LogP contribution in [-0.4, -0.2) is 42.2 Å². The van der Waals surface area contributed by atoms with E-state index in [1.165, 1.54) is 19.4 Å². The van der Waals surface area contributed by atoms with Gasteiger partial charge in [-0.25, -0.2) is 4.98 Å². The van der Waals surface area contributed by atoms with Crippen molar-refractivity contribution in [1.29, 1.82) is 0 Å². The van der Waals surface area contributed by atoms with Crippen molar-refractivity contribution in [1.82, 2.24) is 15.2 Å². The molecule has 2 rings (SSSR count). The van der Waals surface area contributed by atoms with Gasteiger partial charge in [0.05, 0.1) is 12.3 Å². The van der Waals surface area contributed by atoms with Gasteiger partial charge in [-0.05, 0) is 32.9 Å². The lowest BCUT2D eigenvalue weighted by molar-refractivity contribution is 0.0995. The SMILES string of the molecule is CC(C)NCc1nc(COCCC2CCCN2C)cs1. The normalized spacial score (nSPS) is 20.1. The third-order valence-electron chi connectivity index (χ3n) is 3.78. The van der Waals surface area contributed by atoms with Crippen molar-refractivity contribution in [2.45, 2.75) is 58.3 Å². The summed E-state index contributed by atoms with van der Waals surface area (Å²) in [5.74, 6) is 0. The van der Waals surface area contributed by atoms with Crippen molar-refractivity contribution < 1.29 is 4.74 Å². The van der Waals surface area contributed by atoms with Crippen molar-refractivity contribution in [3.63, 3.8) is 0 Å². The Morgan fingerprint density at radius 3 is 3.10 bits per heavy atom. The molecule has 1 unspecified atom stereocenters. The first-order valence-corrected chi connectivity index (χ1v) is 8.47. The lowest BCUT2D eigenvalue weighted by Crippen LogP contribution is -2.26. The highest BCUT2D eigenvalue weighted by molar-refractivity contribution is 7.09. The molecule has 0 spiro atoms. The maximum absolute atomic E-state index is 5.77. The fraction of sp³-hybridized carbons (Fsp3) is 0.800. The molecule has 1 atom stereocenters. The van der Waals surface area contributed by atoms with Crippen LogP contribution >= 0.6 is 11.3 Å². The number of hydrogen-bond donors (Lipinski definition) is 1. The second-order valence-electron chi connectivity index (χ2n) is 5.89. The summed E-state index contributed by atoms with van der Waals surface area (Å²) in [5, 5.41) is 6.64. The van der Waals surface area contributed by atoms with Crippen LogP contribution in [-0.2, 0) is 17.9 Å². The van der Waals surface area contributed by atoms with E-state index in [-0.39, 0.29) is 0 Å². The van der Waals surface area contributed by atoms with Crippen LogP contribution in [0.5, 0.6) is 0 Å². The van der Waals surface area contributed by atoms with Gasteiger partial charge >= 0.3 is 0 Å². The average molecular weight is 297 g/mol. The van der Waals surface area contributed by atoms with Crippen LogP contribution in [0.1, 0.15) is 43.8 Å². The fourth-order valence-electron chi connectivity index (χ4n) is 2.53. The van der Waals surface area contributed by atoms with E-state index < -0.39 is 0 Å². The van der Waals surface area contributed by atoms with Gasteiger partial charge in [-0.2, -0.15) is 0 Å². The monoisotopic (exact) mass is 297 g/mol. The minimum atomic E-state index is 0.502. The van der Waals surface area contributed by atoms with Gasteiger partial charge in [-0.1, -0.05) is 13.8 Å². The number of thiazole rings is 1. The van der Waals surface area contributed by atoms with Crippen molar-refractivity contribution in [3.8, 4) is 0 Å². The first-order valence-electron chi connectivity index (χ1n) is 7.60. The van der Waals surface area contributed by atoms with E-state index in [4.69, 9.17) is 4.74 Å². The molecule has 4 nitrogen and oxygen atoms in total. The van der Waals surface area contributed by atoms with Crippen LogP contribution in [0.4, 0.5) is 0 Å². The van der Waals surface area contributed by atoms with E-state index in [0.29, 0.717) is 12.6 Å². The third kappa shape index (κ3) is 5.13. The molecule has 5 heteroatoms. The zero-order valence-electron chi connectivity index (χ0n) is 12.9. The second-order valence-corrected chi connectivity index (χ2v) is 6.83. The number of nitrogens with one attached hydrogen (secondary N) is 1. The van der Waals surface area contributed by atoms with Gasteiger partial charge in [0.25, 0.3) is 0 Å². The van der Waals surface area contributed by atoms with Gasteiger partial charge in [0.1, 0.15) is 5.01 Å². The summed E-state index contributed by atoms with van der Waals surface area (Å²) >= 11 is 1.71. The molecule has 1 N–H and O–H groups in total. The summed E-state index contributed by atoms with van der Waals surface area (Å²) in [6.45, 7) is 7.88. The topological polar surface area (TPSA) is 37.4 Å². The molecule has 0 amide bonds. The van der Waals surface area contributed by atoms with Crippen LogP contribution in [0.15, 0.2) is 5.38 Å². The van der Waals surface area contributed by atoms with E-state index in [1.807, 2.05) is 0 Å². The minimum Gasteiger partial charge on any atom is -0.375 e. The molecule has 0 saturated carbocycles. The molecule has 1 aliphatic heterocycles. The first-order chi connectivity index (χ1) is 9.65. The van der Waals surface area contributed by atoms with E-state index in [0.717, 1.165) is 36.3 Å². The Kier molecular flexibility index (Phi) is 6.42. The van der Waals surface area contributed by atoms with E-state index in [2.05, 4.69) is 41.5 Å². The zero-order chi connectivity index (χ0) is 14.4. The van der Waals surface area contributed by atoms with Gasteiger partial charge in [0, 0.05) is 30.6 Å². The summed E-state index contributed by atoms with van der Waals surface area (Å²) in [6.07, 6.45) is 3.80. The average Bonchev–Trinajstić information content (AvgIpc) is 3.02. The van der Waals surface area contributed by atoms with Crippen LogP contribution < -0.4 is 5.32 Å². The number of ether oxygens (including phenoxy) is 1. The molecule has 20 heavy (non-hydrogen) atoms. The van der Waals surface area contributed by atoms with E-state index in [1.54, 1.807) is 11.3 Å². The molecule has 1 aromatic heterocycles. The van der Waals surface area contributed by atoms with E-state index >= 15 is 0 Å². The predicted molar refractivity (Wildman–Crippen MR) is 84.0 cm³/mol. The molecule has 2 heterocycles. The maximum Gasteiger partial charge on any atom is 0.107 e. The highest BCUT2D eigenvalue weighted by atomic mass is 32.1. The summed E-state index contributed by atoms with van der Waals surface area (Å²) in [4.78, 5) is 7.03. The Morgan fingerprint density at radius 2 is 2.40 bits per heavy atom. The van der Waals surface area contributed by atoms with Crippen molar-refractivity contribution in [3.05, 3.63) is 16.1 Å². The van der Waals surface area contributed by atoms with E-state index in [9.17, 15) is 0 Å². The Bertz CT molecular complexity index is 394. The molecule has 0 aromatic carbocycles. The van der Waals surface area contributed by atoms with Gasteiger partial charge in [0.2, 0.25) is 0 Å². The standard InChI is InChI=1S/C15H27N3OS/c1-12(2)16-9-15-17-13(11-20-15)10-19-8-6-14-5-4-7-18(14)3/h11-12,14,16H,4-10H2,1-3H3. The minimum absolute atomic E-state index is 0.502. The molecule has 0 bridgehead atoms. The van der Waals surface area contributed by atoms with Crippen molar-refractivity contribution in [2.75, 3.05) is 20.2 Å². The zero-order valence-corrected chi connectivity index (χ0v) is 13.7. The smallest absolute Gasteiger partial charge is 0.107 e. The molecule has 1 aromatic rings. The van der Waals surface area contributed by atoms with Gasteiger partial charge in [0.15, 0.2) is 0 Å². The van der Waals surface area contributed by atoms with Crippen molar-refractivity contribution in [2.24, 2.45) is 0 Å².